The molecule has 6 nitrogen and oxygen atoms in total. The highest BCUT2D eigenvalue weighted by atomic mass is 19.2. The van der Waals surface area contributed by atoms with Crippen molar-refractivity contribution in [1.82, 2.24) is 19.9 Å². The molecule has 0 unspecified atom stereocenters. The number of halogens is 2. The number of benzene rings is 1. The molecular formula is C21H20F2N4O2. The highest BCUT2D eigenvalue weighted by Gasteiger charge is 2.68. The number of aryl methyl sites for hydroxylation is 1. The molecule has 3 aliphatic rings. The van der Waals surface area contributed by atoms with E-state index in [0.717, 1.165) is 54.7 Å². The van der Waals surface area contributed by atoms with Gasteiger partial charge in [0, 0.05) is 24.0 Å². The van der Waals surface area contributed by atoms with E-state index in [4.69, 9.17) is 4.74 Å². The van der Waals surface area contributed by atoms with Crippen LogP contribution in [0.3, 0.4) is 0 Å². The van der Waals surface area contributed by atoms with E-state index in [-0.39, 0.29) is 29.2 Å². The SMILES string of the molecule is Cc1cc2c(CC34CC(NC(=O)COc5ccc(F)c(F)c5)(C3)C4)nccn2n1. The van der Waals surface area contributed by atoms with Gasteiger partial charge in [-0.25, -0.2) is 13.3 Å². The van der Waals surface area contributed by atoms with Gasteiger partial charge in [0.15, 0.2) is 18.2 Å². The minimum Gasteiger partial charge on any atom is -0.484 e. The molecule has 1 N–H and O–H groups in total. The highest BCUT2D eigenvalue weighted by Crippen LogP contribution is 2.68. The first-order valence-corrected chi connectivity index (χ1v) is 9.54. The van der Waals surface area contributed by atoms with Crippen molar-refractivity contribution >= 4 is 11.4 Å². The minimum absolute atomic E-state index is 0.128. The second-order valence-corrected chi connectivity index (χ2v) is 8.39. The number of hydrogen-bond donors (Lipinski definition) is 1. The molecular weight excluding hydrogens is 378 g/mol. The Bertz CT molecular complexity index is 1110. The van der Waals surface area contributed by atoms with Crippen LogP contribution in [0.25, 0.3) is 5.52 Å². The van der Waals surface area contributed by atoms with E-state index in [1.165, 1.54) is 6.07 Å². The Kier molecular flexibility index (Phi) is 3.88. The molecule has 0 aliphatic heterocycles. The van der Waals surface area contributed by atoms with Gasteiger partial charge in [0.1, 0.15) is 5.75 Å². The lowest BCUT2D eigenvalue weighted by atomic mass is 9.38. The van der Waals surface area contributed by atoms with Crippen molar-refractivity contribution in [3.63, 3.8) is 0 Å². The van der Waals surface area contributed by atoms with Gasteiger partial charge in [0.05, 0.1) is 16.9 Å². The summed E-state index contributed by atoms with van der Waals surface area (Å²) in [5.41, 5.74) is 3.04. The Morgan fingerprint density at radius 1 is 1.24 bits per heavy atom. The van der Waals surface area contributed by atoms with Crippen LogP contribution in [0.4, 0.5) is 8.78 Å². The van der Waals surface area contributed by atoms with E-state index in [0.29, 0.717) is 0 Å². The topological polar surface area (TPSA) is 68.5 Å². The first-order chi connectivity index (χ1) is 13.9. The summed E-state index contributed by atoms with van der Waals surface area (Å²) < 4.78 is 33.3. The van der Waals surface area contributed by atoms with Crippen LogP contribution in [0.5, 0.6) is 5.75 Å². The highest BCUT2D eigenvalue weighted by molar-refractivity contribution is 5.79. The predicted molar refractivity (Wildman–Crippen MR) is 100 cm³/mol. The van der Waals surface area contributed by atoms with Crippen molar-refractivity contribution in [3.8, 4) is 5.75 Å². The standard InChI is InChI=1S/C21H20F2N4O2/c1-13-6-18-17(24-4-5-27(18)26-13)8-20-10-21(11-20,12-20)25-19(28)9-29-14-2-3-15(22)16(23)7-14/h2-7H,8-12H2,1H3,(H,25,28). The average Bonchev–Trinajstić information content (AvgIpc) is 3.01. The molecule has 1 aromatic carbocycles. The van der Waals surface area contributed by atoms with Crippen molar-refractivity contribution in [2.75, 3.05) is 6.61 Å². The summed E-state index contributed by atoms with van der Waals surface area (Å²) in [4.78, 5) is 16.8. The summed E-state index contributed by atoms with van der Waals surface area (Å²) in [7, 11) is 0. The largest absolute Gasteiger partial charge is 0.484 e. The molecule has 0 atom stereocenters. The molecule has 2 heterocycles. The van der Waals surface area contributed by atoms with Gasteiger partial charge in [-0.15, -0.1) is 0 Å². The summed E-state index contributed by atoms with van der Waals surface area (Å²) in [6.07, 6.45) is 7.22. The van der Waals surface area contributed by atoms with Gasteiger partial charge in [0.25, 0.3) is 5.91 Å². The molecule has 6 rings (SSSR count). The van der Waals surface area contributed by atoms with E-state index in [2.05, 4.69) is 15.4 Å². The number of amides is 1. The number of ether oxygens (including phenoxy) is 1. The molecule has 29 heavy (non-hydrogen) atoms. The van der Waals surface area contributed by atoms with Crippen LogP contribution in [-0.4, -0.2) is 32.7 Å². The predicted octanol–water partition coefficient (Wildman–Crippen LogP) is 2.98. The van der Waals surface area contributed by atoms with E-state index in [1.54, 1.807) is 6.20 Å². The van der Waals surface area contributed by atoms with E-state index >= 15 is 0 Å². The number of carbonyl (C=O) groups excluding carboxylic acids is 1. The zero-order chi connectivity index (χ0) is 20.2. The third-order valence-electron chi connectivity index (χ3n) is 5.94. The number of nitrogens with one attached hydrogen (secondary N) is 1. The van der Waals surface area contributed by atoms with Gasteiger partial charge >= 0.3 is 0 Å². The number of hydrogen-bond acceptors (Lipinski definition) is 4. The van der Waals surface area contributed by atoms with Gasteiger partial charge in [0.2, 0.25) is 0 Å². The van der Waals surface area contributed by atoms with Gasteiger partial charge in [-0.2, -0.15) is 5.10 Å². The normalized spacial score (nSPS) is 24.7. The van der Waals surface area contributed by atoms with Crippen molar-refractivity contribution in [2.24, 2.45) is 5.41 Å². The van der Waals surface area contributed by atoms with Crippen molar-refractivity contribution < 1.29 is 18.3 Å². The van der Waals surface area contributed by atoms with Crippen LogP contribution in [-0.2, 0) is 11.2 Å². The fourth-order valence-corrected chi connectivity index (χ4v) is 4.96. The summed E-state index contributed by atoms with van der Waals surface area (Å²) in [6.45, 7) is 1.74. The molecule has 150 valence electrons. The van der Waals surface area contributed by atoms with Crippen LogP contribution in [0, 0.1) is 24.0 Å². The maximum Gasteiger partial charge on any atom is 0.258 e. The first kappa shape index (κ1) is 18.0. The molecule has 1 amide bonds. The first-order valence-electron chi connectivity index (χ1n) is 9.54. The number of carbonyl (C=O) groups is 1. The molecule has 3 aromatic rings. The maximum absolute atomic E-state index is 13.2. The quantitative estimate of drug-likeness (QED) is 0.693. The summed E-state index contributed by atoms with van der Waals surface area (Å²) in [5, 5.41) is 7.47. The van der Waals surface area contributed by atoms with Crippen LogP contribution in [0.2, 0.25) is 0 Å². The summed E-state index contributed by atoms with van der Waals surface area (Å²) in [5.74, 6) is -2.07. The second kappa shape index (κ2) is 6.23. The molecule has 0 saturated heterocycles. The Hall–Kier alpha value is -3.03. The monoisotopic (exact) mass is 398 g/mol. The Morgan fingerprint density at radius 2 is 2.03 bits per heavy atom. The van der Waals surface area contributed by atoms with Crippen molar-refractivity contribution in [3.05, 3.63) is 59.7 Å². The molecule has 3 aliphatic carbocycles. The van der Waals surface area contributed by atoms with Crippen molar-refractivity contribution in [2.45, 2.75) is 38.1 Å². The zero-order valence-corrected chi connectivity index (χ0v) is 15.9. The second-order valence-electron chi connectivity index (χ2n) is 8.39. The average molecular weight is 398 g/mol. The molecule has 2 bridgehead atoms. The van der Waals surface area contributed by atoms with Gasteiger partial charge < -0.3 is 10.1 Å². The third kappa shape index (κ3) is 3.12. The fraction of sp³-hybridized carbons (Fsp3) is 0.381. The number of rotatable bonds is 6. The summed E-state index contributed by atoms with van der Waals surface area (Å²) >= 11 is 0. The van der Waals surface area contributed by atoms with E-state index in [1.807, 2.05) is 23.7 Å². The zero-order valence-electron chi connectivity index (χ0n) is 15.9. The molecule has 0 spiro atoms. The number of nitrogens with zero attached hydrogens (tertiary/aromatic N) is 3. The van der Waals surface area contributed by atoms with Crippen LogP contribution in [0.1, 0.15) is 30.7 Å². The Morgan fingerprint density at radius 3 is 2.79 bits per heavy atom. The van der Waals surface area contributed by atoms with Gasteiger partial charge in [-0.1, -0.05) is 0 Å². The lowest BCUT2D eigenvalue weighted by Gasteiger charge is -2.70. The third-order valence-corrected chi connectivity index (χ3v) is 5.94. The number of fused-ring (bicyclic) bond motifs is 1. The molecule has 0 radical (unpaired) electrons. The fourth-order valence-electron chi connectivity index (χ4n) is 4.96. The molecule has 2 aromatic heterocycles. The smallest absolute Gasteiger partial charge is 0.258 e. The molecule has 3 fully saturated rings. The van der Waals surface area contributed by atoms with Crippen LogP contribution in [0.15, 0.2) is 36.7 Å². The van der Waals surface area contributed by atoms with E-state index < -0.39 is 11.6 Å². The Labute approximate surface area is 165 Å². The van der Waals surface area contributed by atoms with Gasteiger partial charge in [-0.05, 0) is 56.2 Å². The van der Waals surface area contributed by atoms with Gasteiger partial charge in [-0.3, -0.25) is 9.78 Å². The lowest BCUT2D eigenvalue weighted by Crippen LogP contribution is -2.75. The van der Waals surface area contributed by atoms with Crippen molar-refractivity contribution in [1.29, 1.82) is 0 Å². The summed E-state index contributed by atoms with van der Waals surface area (Å²) in [6, 6.07) is 5.25. The molecule has 3 saturated carbocycles. The lowest BCUT2D eigenvalue weighted by molar-refractivity contribution is -0.166. The number of aromatic nitrogens is 3. The Balaban J connectivity index is 1.16. The minimum atomic E-state index is -0.999. The van der Waals surface area contributed by atoms with Crippen LogP contribution < -0.4 is 10.1 Å². The molecule has 8 heteroatoms. The van der Waals surface area contributed by atoms with Crippen LogP contribution >= 0.6 is 0 Å². The maximum atomic E-state index is 13.2. The van der Waals surface area contributed by atoms with E-state index in [9.17, 15) is 13.6 Å².